The highest BCUT2D eigenvalue weighted by Crippen LogP contribution is 2.42. The molecule has 0 bridgehead atoms. The van der Waals surface area contributed by atoms with Crippen molar-refractivity contribution in [2.45, 2.75) is 6.42 Å². The van der Waals surface area contributed by atoms with Crippen LogP contribution in [0.5, 0.6) is 5.75 Å². The Morgan fingerprint density at radius 3 is 2.78 bits per heavy atom. The maximum atomic E-state index is 12.7. The molecular weight excluding hydrogens is 338 g/mol. The highest BCUT2D eigenvalue weighted by molar-refractivity contribution is 6.06. The number of methoxy groups -OCH3 is 1. The molecule has 5 nitrogen and oxygen atoms in total. The number of benzene rings is 2. The van der Waals surface area contributed by atoms with E-state index >= 15 is 0 Å². The topological polar surface area (TPSA) is 54.5 Å². The Morgan fingerprint density at radius 1 is 1.19 bits per heavy atom. The van der Waals surface area contributed by atoms with E-state index in [1.807, 2.05) is 49.3 Å². The lowest BCUT2D eigenvalue weighted by Crippen LogP contribution is -2.31. The molecule has 0 radical (unpaired) electrons. The van der Waals surface area contributed by atoms with Crippen molar-refractivity contribution in [2.75, 3.05) is 34.3 Å². The van der Waals surface area contributed by atoms with Gasteiger partial charge in [0.05, 0.1) is 23.9 Å². The van der Waals surface area contributed by atoms with Crippen molar-refractivity contribution < 1.29 is 9.53 Å². The van der Waals surface area contributed by atoms with Crippen LogP contribution in [-0.4, -0.2) is 50.1 Å². The van der Waals surface area contributed by atoms with Gasteiger partial charge in [-0.1, -0.05) is 24.3 Å². The number of rotatable bonds is 5. The van der Waals surface area contributed by atoms with Gasteiger partial charge in [0.2, 0.25) is 0 Å². The number of hydrogen-bond acceptors (Lipinski definition) is 4. The quantitative estimate of drug-likeness (QED) is 0.593. The second-order valence-corrected chi connectivity index (χ2v) is 7.10. The van der Waals surface area contributed by atoms with Crippen LogP contribution in [0.4, 0.5) is 0 Å². The number of hydrogen-bond donors (Lipinski definition) is 1. The number of likely N-dealkylation sites (N-methyl/N-ethyl adjacent to an activating group) is 1. The highest BCUT2D eigenvalue weighted by Gasteiger charge is 2.25. The molecule has 1 aliphatic carbocycles. The fourth-order valence-corrected chi connectivity index (χ4v) is 3.63. The lowest BCUT2D eigenvalue weighted by atomic mass is 10.0. The number of pyridine rings is 1. The molecule has 0 saturated heterocycles. The van der Waals surface area contributed by atoms with Crippen molar-refractivity contribution >= 4 is 16.8 Å². The number of carbonyl (C=O) groups is 1. The summed E-state index contributed by atoms with van der Waals surface area (Å²) in [4.78, 5) is 19.7. The third-order valence-corrected chi connectivity index (χ3v) is 4.96. The molecule has 1 aliphatic rings. The van der Waals surface area contributed by atoms with Crippen molar-refractivity contribution in [2.24, 2.45) is 0 Å². The van der Waals surface area contributed by atoms with Gasteiger partial charge in [0.15, 0.2) is 0 Å². The van der Waals surface area contributed by atoms with E-state index in [2.05, 4.69) is 17.4 Å². The van der Waals surface area contributed by atoms with Crippen LogP contribution in [0.3, 0.4) is 0 Å². The summed E-state index contributed by atoms with van der Waals surface area (Å²) in [7, 11) is 5.65. The molecule has 1 amide bonds. The minimum atomic E-state index is -0.0897. The number of nitrogens with zero attached hydrogens (tertiary/aromatic N) is 2. The number of amides is 1. The second kappa shape index (κ2) is 7.00. The lowest BCUT2D eigenvalue weighted by molar-refractivity contribution is 0.0952. The van der Waals surface area contributed by atoms with Crippen molar-refractivity contribution in [3.8, 4) is 17.0 Å². The minimum absolute atomic E-state index is 0.0897. The van der Waals surface area contributed by atoms with Gasteiger partial charge in [0.25, 0.3) is 5.91 Å². The normalized spacial score (nSPS) is 12.1. The summed E-state index contributed by atoms with van der Waals surface area (Å²) >= 11 is 0. The van der Waals surface area contributed by atoms with Crippen molar-refractivity contribution in [1.29, 1.82) is 0 Å². The van der Waals surface area contributed by atoms with Gasteiger partial charge in [-0.2, -0.15) is 0 Å². The van der Waals surface area contributed by atoms with Gasteiger partial charge in [-0.3, -0.25) is 4.79 Å². The van der Waals surface area contributed by atoms with Gasteiger partial charge in [-0.15, -0.1) is 0 Å². The van der Waals surface area contributed by atoms with Gasteiger partial charge < -0.3 is 15.0 Å². The number of aromatic nitrogens is 1. The van der Waals surface area contributed by atoms with Crippen molar-refractivity contribution in [3.63, 3.8) is 0 Å². The first-order valence-electron chi connectivity index (χ1n) is 9.10. The van der Waals surface area contributed by atoms with E-state index in [9.17, 15) is 4.79 Å². The van der Waals surface area contributed by atoms with Crippen LogP contribution in [-0.2, 0) is 6.42 Å². The zero-order valence-corrected chi connectivity index (χ0v) is 15.9. The molecule has 0 saturated carbocycles. The molecule has 5 heteroatoms. The Bertz CT molecular complexity index is 1030. The lowest BCUT2D eigenvalue weighted by Gasteiger charge is -2.12. The largest absolute Gasteiger partial charge is 0.496 e. The molecule has 1 N–H and O–H groups in total. The van der Waals surface area contributed by atoms with E-state index in [-0.39, 0.29) is 5.91 Å². The van der Waals surface area contributed by atoms with E-state index in [1.54, 1.807) is 7.11 Å². The SMILES string of the molecule is COc1cccc2c1-c1nc3c(C(=O)NCCN(C)C)cccc3cc1C2. The van der Waals surface area contributed by atoms with Crippen LogP contribution in [0.25, 0.3) is 22.2 Å². The maximum Gasteiger partial charge on any atom is 0.253 e. The summed E-state index contributed by atoms with van der Waals surface area (Å²) in [5.41, 5.74) is 5.69. The van der Waals surface area contributed by atoms with E-state index in [0.29, 0.717) is 12.1 Å². The molecule has 1 aromatic heterocycles. The second-order valence-electron chi connectivity index (χ2n) is 7.10. The van der Waals surface area contributed by atoms with E-state index in [0.717, 1.165) is 40.9 Å². The molecule has 0 unspecified atom stereocenters. The van der Waals surface area contributed by atoms with E-state index in [4.69, 9.17) is 9.72 Å². The van der Waals surface area contributed by atoms with Gasteiger partial charge >= 0.3 is 0 Å². The minimum Gasteiger partial charge on any atom is -0.496 e. The monoisotopic (exact) mass is 361 g/mol. The maximum absolute atomic E-state index is 12.7. The first kappa shape index (κ1) is 17.5. The molecule has 0 atom stereocenters. The van der Waals surface area contributed by atoms with Gasteiger partial charge in [0, 0.05) is 30.5 Å². The highest BCUT2D eigenvalue weighted by atomic mass is 16.5. The standard InChI is InChI=1S/C22H23N3O2/c1-25(2)11-10-23-22(26)17-8-4-7-15-13-16-12-14-6-5-9-18(27-3)19(14)21(16)24-20(15)17/h4-9,13H,10-12H2,1-3H3,(H,23,26). The fourth-order valence-electron chi connectivity index (χ4n) is 3.63. The van der Waals surface area contributed by atoms with Gasteiger partial charge in [-0.05, 0) is 43.4 Å². The van der Waals surface area contributed by atoms with Gasteiger partial charge in [0.1, 0.15) is 5.75 Å². The molecule has 1 heterocycles. The number of nitrogens with one attached hydrogen (secondary N) is 1. The first-order chi connectivity index (χ1) is 13.1. The van der Waals surface area contributed by atoms with E-state index < -0.39 is 0 Å². The Hall–Kier alpha value is -2.92. The smallest absolute Gasteiger partial charge is 0.253 e. The molecule has 0 aliphatic heterocycles. The van der Waals surface area contributed by atoms with Crippen LogP contribution in [0.2, 0.25) is 0 Å². The van der Waals surface area contributed by atoms with E-state index in [1.165, 1.54) is 11.1 Å². The van der Waals surface area contributed by atoms with Crippen LogP contribution < -0.4 is 10.1 Å². The fraction of sp³-hybridized carbons (Fsp3) is 0.273. The van der Waals surface area contributed by atoms with Crippen LogP contribution in [0.15, 0.2) is 42.5 Å². The molecule has 0 fully saturated rings. The molecule has 3 aromatic rings. The first-order valence-corrected chi connectivity index (χ1v) is 9.10. The third kappa shape index (κ3) is 3.15. The average Bonchev–Trinajstić information content (AvgIpc) is 3.02. The number of carbonyl (C=O) groups excluding carboxylic acids is 1. The summed E-state index contributed by atoms with van der Waals surface area (Å²) < 4.78 is 5.56. The molecule has 4 rings (SSSR count). The molecule has 0 spiro atoms. The Labute approximate surface area is 159 Å². The average molecular weight is 361 g/mol. The van der Waals surface area contributed by atoms with Crippen LogP contribution >= 0.6 is 0 Å². The van der Waals surface area contributed by atoms with Crippen LogP contribution in [0.1, 0.15) is 21.5 Å². The predicted molar refractivity (Wildman–Crippen MR) is 107 cm³/mol. The Kier molecular flexibility index (Phi) is 4.54. The number of para-hydroxylation sites is 1. The van der Waals surface area contributed by atoms with Crippen LogP contribution in [0, 0.1) is 0 Å². The zero-order valence-electron chi connectivity index (χ0n) is 15.9. The van der Waals surface area contributed by atoms with Crippen molar-refractivity contribution in [3.05, 3.63) is 59.2 Å². The zero-order chi connectivity index (χ0) is 19.0. The molecular formula is C22H23N3O2. The number of ether oxygens (including phenoxy) is 1. The third-order valence-electron chi connectivity index (χ3n) is 4.96. The summed E-state index contributed by atoms with van der Waals surface area (Å²) in [6, 6.07) is 14.0. The summed E-state index contributed by atoms with van der Waals surface area (Å²) in [6.45, 7) is 1.40. The predicted octanol–water partition coefficient (Wildman–Crippen LogP) is 3.11. The summed E-state index contributed by atoms with van der Waals surface area (Å²) in [5, 5.41) is 3.97. The molecule has 27 heavy (non-hydrogen) atoms. The van der Waals surface area contributed by atoms with Crippen molar-refractivity contribution in [1.82, 2.24) is 15.2 Å². The summed E-state index contributed by atoms with van der Waals surface area (Å²) in [6.07, 6.45) is 0.837. The Morgan fingerprint density at radius 2 is 2.00 bits per heavy atom. The number of fused-ring (bicyclic) bond motifs is 4. The van der Waals surface area contributed by atoms with Gasteiger partial charge in [-0.25, -0.2) is 4.98 Å². The summed E-state index contributed by atoms with van der Waals surface area (Å²) in [5.74, 6) is 0.735. The molecule has 2 aromatic carbocycles. The Balaban J connectivity index is 1.78. The molecule has 138 valence electrons.